The van der Waals surface area contributed by atoms with Crippen LogP contribution in [-0.2, 0) is 32.0 Å². The van der Waals surface area contributed by atoms with Crippen LogP contribution in [0.2, 0.25) is 0 Å². The second-order valence-electron chi connectivity index (χ2n) is 9.47. The van der Waals surface area contributed by atoms with Gasteiger partial charge in [0.1, 0.15) is 12.4 Å². The van der Waals surface area contributed by atoms with E-state index in [1.165, 1.54) is 18.0 Å². The van der Waals surface area contributed by atoms with Gasteiger partial charge in [-0.3, -0.25) is 9.59 Å². The molecule has 0 saturated carbocycles. The van der Waals surface area contributed by atoms with Crippen molar-refractivity contribution in [1.29, 1.82) is 0 Å². The number of hydrogen-bond donors (Lipinski definition) is 1. The van der Waals surface area contributed by atoms with Crippen molar-refractivity contribution in [2.45, 2.75) is 65.9 Å². The Morgan fingerprint density at radius 1 is 1.21 bits per heavy atom. The Bertz CT molecular complexity index is 1120. The van der Waals surface area contributed by atoms with E-state index in [1.807, 2.05) is 33.8 Å². The van der Waals surface area contributed by atoms with Gasteiger partial charge in [0.05, 0.1) is 22.5 Å². The van der Waals surface area contributed by atoms with Gasteiger partial charge in [0.2, 0.25) is 0 Å². The maximum atomic E-state index is 14.7. The molecule has 1 fully saturated rings. The average Bonchev–Trinajstić information content (AvgIpc) is 2.93. The zero-order valence-electron chi connectivity index (χ0n) is 19.7. The van der Waals surface area contributed by atoms with Crippen LogP contribution in [0.1, 0.15) is 61.7 Å². The number of benzene rings is 2. The number of halogens is 1. The molecule has 9 heteroatoms. The lowest BCUT2D eigenvalue weighted by Crippen LogP contribution is -2.49. The van der Waals surface area contributed by atoms with Crippen molar-refractivity contribution in [3.63, 3.8) is 0 Å². The molecule has 2 aliphatic rings. The van der Waals surface area contributed by atoms with Crippen LogP contribution in [-0.4, -0.2) is 30.2 Å². The highest BCUT2D eigenvalue weighted by Gasteiger charge is 2.52. The van der Waals surface area contributed by atoms with Gasteiger partial charge in [-0.15, -0.1) is 0 Å². The summed E-state index contributed by atoms with van der Waals surface area (Å²) in [6.07, 6.45) is 0. The van der Waals surface area contributed by atoms with Crippen LogP contribution >= 0.6 is 0 Å². The summed E-state index contributed by atoms with van der Waals surface area (Å²) in [5.41, 5.74) is 4.90. The number of carbonyl (C=O) groups is 2. The van der Waals surface area contributed by atoms with Crippen LogP contribution in [0.15, 0.2) is 30.3 Å². The fraction of sp³-hybridized carbons (Fsp3) is 0.417. The minimum atomic E-state index is -0.730. The zero-order chi connectivity index (χ0) is 24.1. The third-order valence-electron chi connectivity index (χ3n) is 6.52. The van der Waals surface area contributed by atoms with Crippen LogP contribution in [0.25, 0.3) is 0 Å². The molecule has 0 atom stereocenters. The van der Waals surface area contributed by atoms with Crippen molar-refractivity contribution in [1.82, 2.24) is 5.43 Å². The molecule has 0 bridgehead atoms. The first-order valence-corrected chi connectivity index (χ1v) is 10.9. The van der Waals surface area contributed by atoms with Crippen molar-refractivity contribution < 1.29 is 28.0 Å². The number of hydrogen-bond acceptors (Lipinski definition) is 6. The molecule has 1 amide bonds. The number of anilines is 1. The van der Waals surface area contributed by atoms with Gasteiger partial charge in [0.15, 0.2) is 0 Å². The standard InChI is InChI=1S/C24H28BFN2O5/c1-14-10-16-12-27-28(22(30)21(16)19(26)11-14)20-9-7-8-18(17(20)13-31-15(2)29)25-32-23(3,4)24(5,6)33-25/h7-11,27H,12-13H2,1-6H3. The Kier molecular flexibility index (Phi) is 5.84. The summed E-state index contributed by atoms with van der Waals surface area (Å²) in [7, 11) is -0.730. The number of rotatable bonds is 4. The Balaban J connectivity index is 1.78. The van der Waals surface area contributed by atoms with E-state index < -0.39 is 36.0 Å². The number of nitrogens with zero attached hydrogens (tertiary/aromatic N) is 1. The molecule has 0 unspecified atom stereocenters. The molecule has 2 heterocycles. The quantitative estimate of drug-likeness (QED) is 0.565. The summed E-state index contributed by atoms with van der Waals surface area (Å²) >= 11 is 0. The Hall–Kier alpha value is -2.75. The van der Waals surface area contributed by atoms with E-state index in [-0.39, 0.29) is 18.7 Å². The molecular formula is C24H28BFN2O5. The number of fused-ring (bicyclic) bond motifs is 1. The SMILES string of the molecule is CC(=O)OCc1c(B2OC(C)(C)C(C)(C)O2)cccc1N1NCc2cc(C)cc(F)c2C1=O. The first-order chi connectivity index (χ1) is 15.4. The molecule has 0 aliphatic carbocycles. The number of amides is 1. The van der Waals surface area contributed by atoms with Crippen LogP contribution < -0.4 is 15.9 Å². The fourth-order valence-electron chi connectivity index (χ4n) is 4.06. The van der Waals surface area contributed by atoms with Crippen molar-refractivity contribution in [3.8, 4) is 0 Å². The molecule has 0 aromatic heterocycles. The molecule has 2 aliphatic heterocycles. The molecule has 1 saturated heterocycles. The highest BCUT2D eigenvalue weighted by atomic mass is 19.1. The number of carbonyl (C=O) groups excluding carboxylic acids is 2. The smallest absolute Gasteiger partial charge is 0.461 e. The van der Waals surface area contributed by atoms with E-state index in [2.05, 4.69) is 5.43 Å². The van der Waals surface area contributed by atoms with Crippen LogP contribution in [0.4, 0.5) is 10.1 Å². The summed E-state index contributed by atoms with van der Waals surface area (Å²) < 4.78 is 32.5. The summed E-state index contributed by atoms with van der Waals surface area (Å²) in [5.74, 6) is -1.55. The highest BCUT2D eigenvalue weighted by Crippen LogP contribution is 2.37. The number of esters is 1. The summed E-state index contributed by atoms with van der Waals surface area (Å²) in [6.45, 7) is 11.0. The Morgan fingerprint density at radius 2 is 1.88 bits per heavy atom. The fourth-order valence-corrected chi connectivity index (χ4v) is 4.06. The largest absolute Gasteiger partial charge is 0.495 e. The van der Waals surface area contributed by atoms with Gasteiger partial charge in [0, 0.05) is 19.0 Å². The van der Waals surface area contributed by atoms with Crippen LogP contribution in [0.3, 0.4) is 0 Å². The minimum absolute atomic E-state index is 0.0267. The lowest BCUT2D eigenvalue weighted by atomic mass is 9.75. The number of ether oxygens (including phenoxy) is 1. The van der Waals surface area contributed by atoms with E-state index >= 15 is 0 Å². The van der Waals surface area contributed by atoms with E-state index in [0.717, 1.165) is 5.56 Å². The van der Waals surface area contributed by atoms with Crippen molar-refractivity contribution in [2.24, 2.45) is 0 Å². The van der Waals surface area contributed by atoms with E-state index in [1.54, 1.807) is 25.1 Å². The van der Waals surface area contributed by atoms with E-state index in [0.29, 0.717) is 22.3 Å². The number of nitrogens with one attached hydrogen (secondary N) is 1. The molecule has 174 valence electrons. The molecule has 0 radical (unpaired) electrons. The van der Waals surface area contributed by atoms with Crippen LogP contribution in [0.5, 0.6) is 0 Å². The van der Waals surface area contributed by atoms with Gasteiger partial charge in [-0.2, -0.15) is 0 Å². The molecule has 33 heavy (non-hydrogen) atoms. The Morgan fingerprint density at radius 3 is 2.52 bits per heavy atom. The lowest BCUT2D eigenvalue weighted by molar-refractivity contribution is -0.142. The minimum Gasteiger partial charge on any atom is -0.461 e. The molecule has 2 aromatic carbocycles. The lowest BCUT2D eigenvalue weighted by Gasteiger charge is -2.32. The maximum absolute atomic E-state index is 14.7. The predicted octanol–water partition coefficient (Wildman–Crippen LogP) is 3.16. The first-order valence-electron chi connectivity index (χ1n) is 10.9. The Labute approximate surface area is 193 Å². The predicted molar refractivity (Wildman–Crippen MR) is 122 cm³/mol. The normalized spacial score (nSPS) is 18.9. The van der Waals surface area contributed by atoms with Gasteiger partial charge >= 0.3 is 13.1 Å². The maximum Gasteiger partial charge on any atom is 0.495 e. The molecule has 0 spiro atoms. The molecule has 4 rings (SSSR count). The van der Waals surface area contributed by atoms with E-state index in [9.17, 15) is 14.0 Å². The molecule has 7 nitrogen and oxygen atoms in total. The second kappa shape index (κ2) is 8.24. The summed E-state index contributed by atoms with van der Waals surface area (Å²) in [4.78, 5) is 24.9. The third-order valence-corrected chi connectivity index (χ3v) is 6.52. The van der Waals surface area contributed by atoms with Crippen molar-refractivity contribution >= 4 is 30.1 Å². The highest BCUT2D eigenvalue weighted by molar-refractivity contribution is 6.62. The molecular weight excluding hydrogens is 426 g/mol. The van der Waals surface area contributed by atoms with Gasteiger partial charge in [-0.05, 0) is 63.3 Å². The van der Waals surface area contributed by atoms with Crippen LogP contribution in [0, 0.1) is 12.7 Å². The third kappa shape index (κ3) is 4.16. The van der Waals surface area contributed by atoms with Crippen molar-refractivity contribution in [2.75, 3.05) is 5.01 Å². The van der Waals surface area contributed by atoms with Crippen molar-refractivity contribution in [3.05, 3.63) is 58.4 Å². The first kappa shape index (κ1) is 23.4. The van der Waals surface area contributed by atoms with E-state index in [4.69, 9.17) is 14.0 Å². The average molecular weight is 454 g/mol. The zero-order valence-corrected chi connectivity index (χ0v) is 19.7. The molecule has 1 N–H and O–H groups in total. The van der Waals surface area contributed by atoms with Gasteiger partial charge in [-0.1, -0.05) is 18.2 Å². The molecule has 2 aromatic rings. The van der Waals surface area contributed by atoms with Gasteiger partial charge < -0.3 is 14.0 Å². The van der Waals surface area contributed by atoms with Gasteiger partial charge in [0.25, 0.3) is 5.91 Å². The summed E-state index contributed by atoms with van der Waals surface area (Å²) in [6, 6.07) is 8.44. The number of hydrazine groups is 1. The summed E-state index contributed by atoms with van der Waals surface area (Å²) in [5, 5.41) is 1.30. The number of aryl methyl sites for hydroxylation is 1. The topological polar surface area (TPSA) is 77.1 Å². The second-order valence-corrected chi connectivity index (χ2v) is 9.47. The van der Waals surface area contributed by atoms with Gasteiger partial charge in [-0.25, -0.2) is 14.8 Å². The monoisotopic (exact) mass is 454 g/mol.